The van der Waals surface area contributed by atoms with Gasteiger partial charge in [0.1, 0.15) is 0 Å². The highest BCUT2D eigenvalue weighted by molar-refractivity contribution is 5.82. The van der Waals surface area contributed by atoms with E-state index >= 15 is 0 Å². The molecule has 3 N–H and O–H groups in total. The van der Waals surface area contributed by atoms with Crippen molar-refractivity contribution in [2.45, 2.75) is 146 Å². The van der Waals surface area contributed by atoms with E-state index in [1.807, 2.05) is 24.3 Å². The lowest BCUT2D eigenvalue weighted by Gasteiger charge is -2.32. The monoisotopic (exact) mass is 714 g/mol. The van der Waals surface area contributed by atoms with Crippen LogP contribution in [0.1, 0.15) is 154 Å². The molecule has 4 unspecified atom stereocenters. The van der Waals surface area contributed by atoms with Crippen molar-refractivity contribution in [3.05, 3.63) is 106 Å². The molecule has 0 aromatic heterocycles. The summed E-state index contributed by atoms with van der Waals surface area (Å²) in [6, 6.07) is 28.4. The molecule has 4 atom stereocenters. The smallest absolute Gasteiger partial charge is 0.224 e. The molecule has 2 amide bonds. The number of amides is 2. The molecule has 3 fully saturated rings. The first-order valence-electron chi connectivity index (χ1n) is 21.3. The second-order valence-electron chi connectivity index (χ2n) is 17.4. The van der Waals surface area contributed by atoms with E-state index in [0.717, 1.165) is 55.2 Å². The van der Waals surface area contributed by atoms with E-state index in [9.17, 15) is 9.59 Å². The van der Waals surface area contributed by atoms with Gasteiger partial charge in [-0.3, -0.25) is 14.5 Å². The lowest BCUT2D eigenvalue weighted by molar-refractivity contribution is -0.122. The summed E-state index contributed by atoms with van der Waals surface area (Å²) in [5.74, 6) is 2.31. The number of rotatable bonds is 13. The molecule has 2 aliphatic heterocycles. The minimum Gasteiger partial charge on any atom is -0.353 e. The molecule has 0 spiro atoms. The quantitative estimate of drug-likeness (QED) is 0.165. The van der Waals surface area contributed by atoms with Gasteiger partial charge in [-0.05, 0) is 154 Å². The summed E-state index contributed by atoms with van der Waals surface area (Å²) >= 11 is 0. The average Bonchev–Trinajstić information content (AvgIpc) is 3.73. The Bertz CT molecular complexity index is 1670. The Kier molecular flexibility index (Phi) is 11.6. The van der Waals surface area contributed by atoms with E-state index < -0.39 is 0 Å². The summed E-state index contributed by atoms with van der Waals surface area (Å²) in [6.45, 7) is 4.62. The van der Waals surface area contributed by atoms with Crippen LogP contribution in [0.4, 0.5) is 0 Å². The summed E-state index contributed by atoms with van der Waals surface area (Å²) in [5, 5.41) is 10.6. The zero-order valence-electron chi connectivity index (χ0n) is 32.0. The Hall–Kier alpha value is -3.48. The van der Waals surface area contributed by atoms with E-state index in [-0.39, 0.29) is 23.9 Å². The Labute approximate surface area is 318 Å². The first-order chi connectivity index (χ1) is 26.0. The Morgan fingerprint density at radius 3 is 1.62 bits per heavy atom. The van der Waals surface area contributed by atoms with Crippen LogP contribution in [0.15, 0.2) is 72.8 Å². The first-order valence-corrected chi connectivity index (χ1v) is 21.3. The standard InChI is InChI=1S/C47H62N4O2/c1-32-14-23-43(40-11-5-4-10-39(32)40)48-28-26-33-15-19-37(20-16-33)49-46(52)30-35-8-2-3-9-36(35)31-47(53)50-38-21-17-34(18-22-38)27-29-51-44-24-25-45(51)42-13-7-6-12-41(42)44/h2-13,32-34,37-38,43-45,48H,14-31H2,1H3,(H,49,52)(H,50,53). The molecule has 1 saturated heterocycles. The number of benzene rings is 3. The fourth-order valence-corrected chi connectivity index (χ4v) is 11.0. The second kappa shape index (κ2) is 16.9. The van der Waals surface area contributed by atoms with Crippen LogP contribution in [0.5, 0.6) is 0 Å². The summed E-state index contributed by atoms with van der Waals surface area (Å²) < 4.78 is 0. The molecule has 8 rings (SSSR count). The zero-order chi connectivity index (χ0) is 36.1. The maximum Gasteiger partial charge on any atom is 0.224 e. The van der Waals surface area contributed by atoms with Gasteiger partial charge in [0.15, 0.2) is 0 Å². The molecule has 2 bridgehead atoms. The van der Waals surface area contributed by atoms with Crippen molar-refractivity contribution < 1.29 is 9.59 Å². The number of nitrogens with one attached hydrogen (secondary N) is 3. The molecule has 3 aromatic rings. The van der Waals surface area contributed by atoms with Gasteiger partial charge in [-0.2, -0.15) is 0 Å². The number of carbonyl (C=O) groups excluding carboxylic acids is 2. The molecule has 3 aromatic carbocycles. The lowest BCUT2D eigenvalue weighted by atomic mass is 9.80. The van der Waals surface area contributed by atoms with Crippen molar-refractivity contribution >= 4 is 11.8 Å². The largest absolute Gasteiger partial charge is 0.353 e. The molecule has 6 nitrogen and oxygen atoms in total. The molecule has 282 valence electrons. The van der Waals surface area contributed by atoms with Gasteiger partial charge in [-0.15, -0.1) is 0 Å². The highest BCUT2D eigenvalue weighted by Gasteiger charge is 2.43. The van der Waals surface area contributed by atoms with Gasteiger partial charge < -0.3 is 16.0 Å². The Morgan fingerprint density at radius 2 is 1.06 bits per heavy atom. The fourth-order valence-electron chi connectivity index (χ4n) is 11.0. The average molecular weight is 715 g/mol. The van der Waals surface area contributed by atoms with Gasteiger partial charge in [-0.25, -0.2) is 0 Å². The summed E-state index contributed by atoms with van der Waals surface area (Å²) in [4.78, 5) is 29.2. The van der Waals surface area contributed by atoms with Crippen LogP contribution < -0.4 is 16.0 Å². The van der Waals surface area contributed by atoms with E-state index in [4.69, 9.17) is 0 Å². The Balaban J connectivity index is 0.723. The van der Waals surface area contributed by atoms with Gasteiger partial charge in [0.2, 0.25) is 11.8 Å². The maximum atomic E-state index is 13.2. The number of nitrogens with zero attached hydrogens (tertiary/aromatic N) is 1. The number of hydrogen-bond acceptors (Lipinski definition) is 4. The third-order valence-electron chi connectivity index (χ3n) is 14.0. The van der Waals surface area contributed by atoms with Gasteiger partial charge in [0.05, 0.1) is 12.8 Å². The van der Waals surface area contributed by atoms with Crippen molar-refractivity contribution in [1.29, 1.82) is 0 Å². The van der Waals surface area contributed by atoms with Crippen LogP contribution in [0.3, 0.4) is 0 Å². The van der Waals surface area contributed by atoms with Crippen molar-refractivity contribution in [2.24, 2.45) is 11.8 Å². The topological polar surface area (TPSA) is 73.5 Å². The third kappa shape index (κ3) is 8.60. The molecule has 5 aliphatic rings. The molecule has 2 saturated carbocycles. The third-order valence-corrected chi connectivity index (χ3v) is 14.0. The van der Waals surface area contributed by atoms with Crippen LogP contribution in [0.2, 0.25) is 0 Å². The normalized spacial score (nSPS) is 29.3. The number of carbonyl (C=O) groups is 2. The van der Waals surface area contributed by atoms with Crippen LogP contribution in [-0.2, 0) is 22.4 Å². The van der Waals surface area contributed by atoms with Crippen LogP contribution in [-0.4, -0.2) is 41.9 Å². The molecule has 0 radical (unpaired) electrons. The maximum absolute atomic E-state index is 13.2. The number of hydrogen-bond donors (Lipinski definition) is 3. The van der Waals surface area contributed by atoms with Crippen LogP contribution >= 0.6 is 0 Å². The highest BCUT2D eigenvalue weighted by Crippen LogP contribution is 2.53. The minimum absolute atomic E-state index is 0.0808. The highest BCUT2D eigenvalue weighted by atomic mass is 16.2. The van der Waals surface area contributed by atoms with Crippen molar-refractivity contribution in [1.82, 2.24) is 20.9 Å². The fraction of sp³-hybridized carbons (Fsp3) is 0.574. The molecular formula is C47H62N4O2. The van der Waals surface area contributed by atoms with Gasteiger partial charge in [-0.1, -0.05) is 79.7 Å². The molecule has 53 heavy (non-hydrogen) atoms. The van der Waals surface area contributed by atoms with E-state index in [2.05, 4.69) is 76.3 Å². The molecule has 3 aliphatic carbocycles. The van der Waals surface area contributed by atoms with Crippen molar-refractivity contribution in [2.75, 3.05) is 13.1 Å². The molecule has 6 heteroatoms. The zero-order valence-corrected chi connectivity index (χ0v) is 32.0. The summed E-state index contributed by atoms with van der Waals surface area (Å²) in [7, 11) is 0. The van der Waals surface area contributed by atoms with Crippen molar-refractivity contribution in [3.63, 3.8) is 0 Å². The van der Waals surface area contributed by atoms with Crippen LogP contribution in [0.25, 0.3) is 0 Å². The predicted molar refractivity (Wildman–Crippen MR) is 214 cm³/mol. The molecular weight excluding hydrogens is 653 g/mol. The molecule has 2 heterocycles. The minimum atomic E-state index is 0.0808. The lowest BCUT2D eigenvalue weighted by Crippen LogP contribution is -2.39. The van der Waals surface area contributed by atoms with Crippen LogP contribution in [0, 0.1) is 11.8 Å². The van der Waals surface area contributed by atoms with E-state index in [0.29, 0.717) is 36.9 Å². The predicted octanol–water partition coefficient (Wildman–Crippen LogP) is 9.02. The van der Waals surface area contributed by atoms with Gasteiger partial charge >= 0.3 is 0 Å². The Morgan fingerprint density at radius 1 is 0.566 bits per heavy atom. The number of fused-ring (bicyclic) bond motifs is 6. The van der Waals surface area contributed by atoms with Gasteiger partial charge in [0.25, 0.3) is 0 Å². The second-order valence-corrected chi connectivity index (χ2v) is 17.4. The SMILES string of the molecule is CC1CCC(NCCC2CCC(NC(=O)Cc3ccccc3CC(=O)NC3CCC(CCN4C5CCC4c4ccccc45)CC3)CC2)c2ccccc21. The first kappa shape index (κ1) is 36.5. The van der Waals surface area contributed by atoms with E-state index in [1.54, 1.807) is 11.1 Å². The van der Waals surface area contributed by atoms with E-state index in [1.165, 1.54) is 81.9 Å². The summed E-state index contributed by atoms with van der Waals surface area (Å²) in [6.07, 6.45) is 17.3. The summed E-state index contributed by atoms with van der Waals surface area (Å²) in [5.41, 5.74) is 8.12. The van der Waals surface area contributed by atoms with Gasteiger partial charge in [0, 0.05) is 30.2 Å². The van der Waals surface area contributed by atoms with Crippen molar-refractivity contribution in [3.8, 4) is 0 Å².